The fourth-order valence-corrected chi connectivity index (χ4v) is 4.22. The van der Waals surface area contributed by atoms with Crippen molar-refractivity contribution in [3.05, 3.63) is 57.7 Å². The highest BCUT2D eigenvalue weighted by Gasteiger charge is 2.32. The topological polar surface area (TPSA) is 38.0 Å². The first kappa shape index (κ1) is 16.6. The van der Waals surface area contributed by atoms with Gasteiger partial charge in [-0.05, 0) is 71.8 Å². The molecule has 4 rings (SSSR count). The van der Waals surface area contributed by atoms with Gasteiger partial charge in [0, 0.05) is 27.6 Å². The summed E-state index contributed by atoms with van der Waals surface area (Å²) in [4.78, 5) is 0. The number of aryl methyl sites for hydroxylation is 1. The van der Waals surface area contributed by atoms with Gasteiger partial charge in [0.05, 0.1) is 24.3 Å². The normalized spacial score (nSPS) is 22.5. The van der Waals surface area contributed by atoms with E-state index in [0.717, 1.165) is 53.3 Å². The molecule has 0 spiro atoms. The Balaban J connectivity index is 1.45. The Labute approximate surface area is 156 Å². The average molecular weight is 397 g/mol. The molecule has 0 radical (unpaired) electrons. The molecule has 1 saturated carbocycles. The molecule has 2 aromatic rings. The Hall–Kier alpha value is -1.83. The number of ether oxygens (including phenoxy) is 1. The van der Waals surface area contributed by atoms with Crippen LogP contribution in [0, 0.1) is 18.3 Å². The van der Waals surface area contributed by atoms with Gasteiger partial charge in [-0.2, -0.15) is 5.26 Å². The summed E-state index contributed by atoms with van der Waals surface area (Å²) in [6.45, 7) is 2.77. The second-order valence-corrected chi connectivity index (χ2v) is 7.88. The minimum absolute atomic E-state index is 0.354. The lowest BCUT2D eigenvalue weighted by Gasteiger charge is -2.37. The number of nitrogens with zero attached hydrogens (tertiary/aromatic N) is 2. The second-order valence-electron chi connectivity index (χ2n) is 7.03. The maximum absolute atomic E-state index is 9.25. The molecule has 0 saturated heterocycles. The number of aromatic nitrogens is 1. The molecule has 4 heteroatoms. The minimum Gasteiger partial charge on any atom is -0.374 e. The van der Waals surface area contributed by atoms with Crippen LogP contribution in [-0.4, -0.2) is 17.3 Å². The van der Waals surface area contributed by atoms with Crippen LogP contribution in [0.3, 0.4) is 0 Å². The second kappa shape index (κ2) is 6.82. The molecule has 1 heterocycles. The van der Waals surface area contributed by atoms with Crippen molar-refractivity contribution in [2.75, 3.05) is 6.61 Å². The number of benzene rings is 1. The largest absolute Gasteiger partial charge is 0.374 e. The Morgan fingerprint density at radius 2 is 2.20 bits per heavy atom. The number of halogens is 1. The summed E-state index contributed by atoms with van der Waals surface area (Å²) in [7, 11) is 0. The number of nitriles is 1. The molecule has 128 valence electrons. The fourth-order valence-electron chi connectivity index (χ4n) is 3.68. The molecule has 0 N–H and O–H groups in total. The number of fused-ring (bicyclic) bond motifs is 1. The Morgan fingerprint density at radius 1 is 1.36 bits per heavy atom. The predicted octanol–water partition coefficient (Wildman–Crippen LogP) is 5.58. The Morgan fingerprint density at radius 3 is 2.92 bits per heavy atom. The van der Waals surface area contributed by atoms with E-state index in [-0.39, 0.29) is 0 Å². The Kier molecular flexibility index (Phi) is 4.54. The summed E-state index contributed by atoms with van der Waals surface area (Å²) in [5.74, 6) is 0. The predicted molar refractivity (Wildman–Crippen MR) is 104 cm³/mol. The summed E-state index contributed by atoms with van der Waals surface area (Å²) < 4.78 is 9.48. The zero-order valence-corrected chi connectivity index (χ0v) is 15.9. The van der Waals surface area contributed by atoms with E-state index in [1.807, 2.05) is 13.0 Å². The van der Waals surface area contributed by atoms with Crippen LogP contribution in [0.4, 0.5) is 0 Å². The standard InChI is InChI=1S/C21H21BrN2O/c1-14-7-21-19(8-16(14)11-23)20(22)12-24(21)17-9-18(10-17)25-13-15-5-3-2-4-6-15/h2-3,5,7-8,12,17-18H,4,6,9-10,13H2,1H3. The van der Waals surface area contributed by atoms with Gasteiger partial charge in [0.1, 0.15) is 0 Å². The summed E-state index contributed by atoms with van der Waals surface area (Å²) in [5.41, 5.74) is 4.38. The van der Waals surface area contributed by atoms with Crippen LogP contribution in [0.2, 0.25) is 0 Å². The maximum atomic E-state index is 9.25. The SMILES string of the molecule is Cc1cc2c(cc1C#N)c(Br)cn2C1CC(OCC2=CC=CCC2)C1. The summed E-state index contributed by atoms with van der Waals surface area (Å²) in [6, 6.07) is 6.87. The van der Waals surface area contributed by atoms with Gasteiger partial charge in [-0.3, -0.25) is 0 Å². The highest BCUT2D eigenvalue weighted by molar-refractivity contribution is 9.10. The molecule has 0 bridgehead atoms. The first-order valence-corrected chi connectivity index (χ1v) is 9.62. The van der Waals surface area contributed by atoms with E-state index >= 15 is 0 Å². The van der Waals surface area contributed by atoms with E-state index in [9.17, 15) is 5.26 Å². The molecule has 1 aromatic heterocycles. The third kappa shape index (κ3) is 3.19. The van der Waals surface area contributed by atoms with E-state index in [1.165, 1.54) is 11.1 Å². The van der Waals surface area contributed by atoms with Crippen LogP contribution in [0.25, 0.3) is 10.9 Å². The molecular weight excluding hydrogens is 376 g/mol. The smallest absolute Gasteiger partial charge is 0.0994 e. The van der Waals surface area contributed by atoms with Crippen LogP contribution < -0.4 is 0 Å². The van der Waals surface area contributed by atoms with Crippen LogP contribution in [0.1, 0.15) is 42.9 Å². The van der Waals surface area contributed by atoms with Crippen LogP contribution in [0.15, 0.2) is 46.6 Å². The van der Waals surface area contributed by atoms with Gasteiger partial charge in [-0.15, -0.1) is 0 Å². The van der Waals surface area contributed by atoms with Crippen LogP contribution in [0.5, 0.6) is 0 Å². The van der Waals surface area contributed by atoms with Crippen molar-refractivity contribution >= 4 is 26.8 Å². The molecule has 2 aliphatic rings. The van der Waals surface area contributed by atoms with Gasteiger partial charge in [0.2, 0.25) is 0 Å². The van der Waals surface area contributed by atoms with Gasteiger partial charge >= 0.3 is 0 Å². The Bertz CT molecular complexity index is 910. The third-order valence-electron chi connectivity index (χ3n) is 5.32. The quantitative estimate of drug-likeness (QED) is 0.676. The van der Waals surface area contributed by atoms with Crippen molar-refractivity contribution in [3.63, 3.8) is 0 Å². The molecule has 0 unspecified atom stereocenters. The van der Waals surface area contributed by atoms with Crippen LogP contribution in [-0.2, 0) is 4.74 Å². The molecular formula is C21H21BrN2O. The van der Waals surface area contributed by atoms with Crippen molar-refractivity contribution in [1.82, 2.24) is 4.57 Å². The van der Waals surface area contributed by atoms with E-state index in [0.29, 0.717) is 12.1 Å². The van der Waals surface area contributed by atoms with Crippen molar-refractivity contribution in [1.29, 1.82) is 5.26 Å². The third-order valence-corrected chi connectivity index (χ3v) is 5.95. The zero-order valence-electron chi connectivity index (χ0n) is 14.3. The molecule has 1 fully saturated rings. The fraction of sp³-hybridized carbons (Fsp3) is 0.381. The van der Waals surface area contributed by atoms with Gasteiger partial charge < -0.3 is 9.30 Å². The minimum atomic E-state index is 0.354. The van der Waals surface area contributed by atoms with E-state index in [2.05, 4.69) is 57.1 Å². The first-order chi connectivity index (χ1) is 12.2. The van der Waals surface area contributed by atoms with E-state index in [4.69, 9.17) is 4.74 Å². The number of rotatable bonds is 4. The monoisotopic (exact) mass is 396 g/mol. The number of hydrogen-bond donors (Lipinski definition) is 0. The highest BCUT2D eigenvalue weighted by Crippen LogP contribution is 2.40. The summed E-state index contributed by atoms with van der Waals surface area (Å²) in [5, 5.41) is 10.4. The lowest BCUT2D eigenvalue weighted by atomic mass is 9.88. The van der Waals surface area contributed by atoms with Gasteiger partial charge in [-0.25, -0.2) is 0 Å². The summed E-state index contributed by atoms with van der Waals surface area (Å²) in [6.07, 6.45) is 13.4. The molecule has 3 nitrogen and oxygen atoms in total. The van der Waals surface area contributed by atoms with Crippen molar-refractivity contribution in [2.45, 2.75) is 44.8 Å². The van der Waals surface area contributed by atoms with E-state index < -0.39 is 0 Å². The van der Waals surface area contributed by atoms with Crippen molar-refractivity contribution in [3.8, 4) is 6.07 Å². The highest BCUT2D eigenvalue weighted by atomic mass is 79.9. The molecule has 1 aromatic carbocycles. The van der Waals surface area contributed by atoms with Gasteiger partial charge in [-0.1, -0.05) is 18.2 Å². The lowest BCUT2D eigenvalue weighted by Crippen LogP contribution is -2.33. The number of allylic oxidation sites excluding steroid dienone is 3. The van der Waals surface area contributed by atoms with Crippen LogP contribution >= 0.6 is 15.9 Å². The zero-order chi connectivity index (χ0) is 17.4. The molecule has 0 aliphatic heterocycles. The summed E-state index contributed by atoms with van der Waals surface area (Å²) >= 11 is 3.65. The van der Waals surface area contributed by atoms with Crippen molar-refractivity contribution in [2.24, 2.45) is 0 Å². The first-order valence-electron chi connectivity index (χ1n) is 8.82. The molecule has 2 aliphatic carbocycles. The van der Waals surface area contributed by atoms with Gasteiger partial charge in [0.25, 0.3) is 0 Å². The molecule has 0 amide bonds. The lowest BCUT2D eigenvalue weighted by molar-refractivity contribution is -0.0148. The van der Waals surface area contributed by atoms with Crippen molar-refractivity contribution < 1.29 is 4.74 Å². The van der Waals surface area contributed by atoms with Gasteiger partial charge in [0.15, 0.2) is 0 Å². The molecule has 0 atom stereocenters. The number of hydrogen-bond acceptors (Lipinski definition) is 2. The maximum Gasteiger partial charge on any atom is 0.0994 e. The van der Waals surface area contributed by atoms with E-state index in [1.54, 1.807) is 0 Å². The molecule has 25 heavy (non-hydrogen) atoms. The average Bonchev–Trinajstić information content (AvgIpc) is 2.89.